The van der Waals surface area contributed by atoms with Crippen LogP contribution in [0, 0.1) is 0 Å². The number of carbonyl (C=O) groups excluding carboxylic acids is 2. The van der Waals surface area contributed by atoms with Crippen LogP contribution in [0.1, 0.15) is 6.92 Å². The zero-order valence-electron chi connectivity index (χ0n) is 4.72. The summed E-state index contributed by atoms with van der Waals surface area (Å²) in [5.74, 6) is -0.315. The Balaban J connectivity index is 3.40. The van der Waals surface area contributed by atoms with Crippen LogP contribution < -0.4 is 5.32 Å². The lowest BCUT2D eigenvalue weighted by atomic mass is 10.7. The topological polar surface area (TPSA) is 46.2 Å². The van der Waals surface area contributed by atoms with Gasteiger partial charge >= 0.3 is 0 Å². The highest BCUT2D eigenvalue weighted by Crippen LogP contribution is 1.90. The molecular formula is C4H7NO2S. The third kappa shape index (κ3) is 3.67. The number of hydrogen-bond donors (Lipinski definition) is 1. The van der Waals surface area contributed by atoms with Gasteiger partial charge in [0.25, 0.3) is 5.24 Å². The Kier molecular flexibility index (Phi) is 3.26. The summed E-state index contributed by atoms with van der Waals surface area (Å²) in [4.78, 5) is 20.3. The summed E-state index contributed by atoms with van der Waals surface area (Å²) in [5, 5.41) is 1.77. The van der Waals surface area contributed by atoms with Crippen molar-refractivity contribution in [2.24, 2.45) is 0 Å². The smallest absolute Gasteiger partial charge is 0.285 e. The Morgan fingerprint density at radius 1 is 1.50 bits per heavy atom. The predicted molar refractivity (Wildman–Crippen MR) is 32.7 cm³/mol. The van der Waals surface area contributed by atoms with E-state index in [-0.39, 0.29) is 11.1 Å². The van der Waals surface area contributed by atoms with E-state index in [1.165, 1.54) is 6.92 Å². The van der Waals surface area contributed by atoms with E-state index in [2.05, 4.69) is 5.32 Å². The molecule has 0 saturated carbocycles. The fraction of sp³-hybridized carbons (Fsp3) is 0.500. The molecule has 0 fully saturated rings. The van der Waals surface area contributed by atoms with Crippen LogP contribution in [0.25, 0.3) is 0 Å². The van der Waals surface area contributed by atoms with Gasteiger partial charge in [0.1, 0.15) is 0 Å². The second-order valence-corrected chi connectivity index (χ2v) is 1.95. The summed E-state index contributed by atoms with van der Waals surface area (Å²) in [5.41, 5.74) is 0. The van der Waals surface area contributed by atoms with Crippen LogP contribution in [-0.4, -0.2) is 17.4 Å². The quantitative estimate of drug-likeness (QED) is 0.526. The highest BCUT2D eigenvalue weighted by atomic mass is 32.2. The highest BCUT2D eigenvalue weighted by molar-refractivity contribution is 8.13. The first kappa shape index (κ1) is 7.49. The lowest BCUT2D eigenvalue weighted by Gasteiger charge is -1.92. The molecule has 0 aliphatic heterocycles. The molecule has 0 aromatic heterocycles. The third-order valence-corrected chi connectivity index (χ3v) is 0.936. The minimum Gasteiger partial charge on any atom is -0.287 e. The van der Waals surface area contributed by atoms with Crippen LogP contribution in [0.4, 0.5) is 4.79 Å². The molecule has 0 spiro atoms. The summed E-state index contributed by atoms with van der Waals surface area (Å²) >= 11 is 0.982. The average molecular weight is 133 g/mol. The van der Waals surface area contributed by atoms with E-state index in [9.17, 15) is 9.59 Å². The third-order valence-electron chi connectivity index (χ3n) is 0.463. The molecule has 0 saturated heterocycles. The molecule has 0 atom stereocenters. The van der Waals surface area contributed by atoms with Crippen molar-refractivity contribution in [1.82, 2.24) is 5.32 Å². The molecule has 0 aromatic carbocycles. The molecule has 46 valence electrons. The van der Waals surface area contributed by atoms with Gasteiger partial charge in [-0.25, -0.2) is 0 Å². The van der Waals surface area contributed by atoms with Crippen molar-refractivity contribution >= 4 is 22.9 Å². The van der Waals surface area contributed by atoms with Crippen LogP contribution in [0.15, 0.2) is 0 Å². The molecule has 1 N–H and O–H groups in total. The number of rotatable bonds is 0. The minimum absolute atomic E-state index is 0.308. The van der Waals surface area contributed by atoms with Crippen LogP contribution in [0.2, 0.25) is 0 Å². The zero-order valence-corrected chi connectivity index (χ0v) is 5.54. The number of hydrogen-bond acceptors (Lipinski definition) is 3. The molecule has 0 aliphatic carbocycles. The maximum Gasteiger partial charge on any atom is 0.285 e. The first-order chi connectivity index (χ1) is 3.66. The molecule has 0 aromatic rings. The maximum atomic E-state index is 10.3. The molecule has 4 heteroatoms. The van der Waals surface area contributed by atoms with Gasteiger partial charge in [-0.05, 0) is 6.26 Å². The van der Waals surface area contributed by atoms with Crippen molar-refractivity contribution in [3.63, 3.8) is 0 Å². The number of amides is 2. The van der Waals surface area contributed by atoms with Gasteiger partial charge in [0.05, 0.1) is 0 Å². The van der Waals surface area contributed by atoms with E-state index in [0.29, 0.717) is 0 Å². The second-order valence-electron chi connectivity index (χ2n) is 1.17. The van der Waals surface area contributed by atoms with Crippen molar-refractivity contribution < 1.29 is 9.59 Å². The molecule has 0 unspecified atom stereocenters. The van der Waals surface area contributed by atoms with Crippen LogP contribution in [-0.2, 0) is 4.79 Å². The maximum absolute atomic E-state index is 10.3. The van der Waals surface area contributed by atoms with E-state index >= 15 is 0 Å². The van der Waals surface area contributed by atoms with Crippen molar-refractivity contribution in [1.29, 1.82) is 0 Å². The second kappa shape index (κ2) is 3.49. The van der Waals surface area contributed by atoms with Gasteiger partial charge in [0.2, 0.25) is 5.91 Å². The molecule has 0 bridgehead atoms. The lowest BCUT2D eigenvalue weighted by Crippen LogP contribution is -2.23. The minimum atomic E-state index is -0.315. The van der Waals surface area contributed by atoms with Gasteiger partial charge in [-0.1, -0.05) is 11.8 Å². The molecule has 0 heterocycles. The van der Waals surface area contributed by atoms with E-state index in [1.54, 1.807) is 6.26 Å². The van der Waals surface area contributed by atoms with Gasteiger partial charge in [-0.2, -0.15) is 0 Å². The first-order valence-electron chi connectivity index (χ1n) is 2.02. The fourth-order valence-electron chi connectivity index (χ4n) is 0.195. The van der Waals surface area contributed by atoms with Crippen LogP contribution in [0.3, 0.4) is 0 Å². The Hall–Kier alpha value is -0.510. The van der Waals surface area contributed by atoms with Gasteiger partial charge in [-0.15, -0.1) is 0 Å². The standard InChI is InChI=1S/C4H7NO2S/c1-3(6)5-4(7)8-2/h1-2H3,(H,5,6,7). The van der Waals surface area contributed by atoms with Gasteiger partial charge in [0, 0.05) is 6.92 Å². The summed E-state index contributed by atoms with van der Waals surface area (Å²) in [7, 11) is 0. The summed E-state index contributed by atoms with van der Waals surface area (Å²) in [6.45, 7) is 1.30. The van der Waals surface area contributed by atoms with E-state index in [4.69, 9.17) is 0 Å². The normalized spacial score (nSPS) is 8.25. The first-order valence-corrected chi connectivity index (χ1v) is 3.25. The van der Waals surface area contributed by atoms with Gasteiger partial charge < -0.3 is 0 Å². The number of nitrogens with one attached hydrogen (secondary N) is 1. The molecule has 0 aliphatic rings. The number of imide groups is 1. The van der Waals surface area contributed by atoms with Crippen molar-refractivity contribution in [2.75, 3.05) is 6.26 Å². The largest absolute Gasteiger partial charge is 0.287 e. The van der Waals surface area contributed by atoms with Gasteiger partial charge in [0.15, 0.2) is 0 Å². The molecule has 8 heavy (non-hydrogen) atoms. The van der Waals surface area contributed by atoms with E-state index in [0.717, 1.165) is 11.8 Å². The van der Waals surface area contributed by atoms with Crippen molar-refractivity contribution in [2.45, 2.75) is 6.92 Å². The summed E-state index contributed by atoms with van der Waals surface area (Å²) in [6.07, 6.45) is 1.61. The molecule has 2 amide bonds. The predicted octanol–water partition coefficient (Wildman–Crippen LogP) is 0.605. The highest BCUT2D eigenvalue weighted by Gasteiger charge is 1.97. The van der Waals surface area contributed by atoms with Gasteiger partial charge in [-0.3, -0.25) is 14.9 Å². The SMILES string of the molecule is CSC(=O)NC(C)=O. The van der Waals surface area contributed by atoms with Crippen molar-refractivity contribution in [3.8, 4) is 0 Å². The summed E-state index contributed by atoms with van der Waals surface area (Å²) < 4.78 is 0. The molecule has 0 rings (SSSR count). The fourth-order valence-corrected chi connectivity index (χ4v) is 0.441. The van der Waals surface area contributed by atoms with E-state index < -0.39 is 0 Å². The Morgan fingerprint density at radius 2 is 2.00 bits per heavy atom. The molecular weight excluding hydrogens is 126 g/mol. The average Bonchev–Trinajstić information content (AvgIpc) is 1.65. The van der Waals surface area contributed by atoms with Crippen LogP contribution in [0.5, 0.6) is 0 Å². The van der Waals surface area contributed by atoms with Crippen LogP contribution >= 0.6 is 11.8 Å². The number of carbonyl (C=O) groups is 2. The Bertz CT molecular complexity index is 113. The molecule has 0 radical (unpaired) electrons. The lowest BCUT2D eigenvalue weighted by molar-refractivity contribution is -0.117. The Labute approximate surface area is 51.8 Å². The monoisotopic (exact) mass is 133 g/mol. The van der Waals surface area contributed by atoms with E-state index in [1.807, 2.05) is 0 Å². The number of thioether (sulfide) groups is 1. The zero-order chi connectivity index (χ0) is 6.57. The van der Waals surface area contributed by atoms with Crippen molar-refractivity contribution in [3.05, 3.63) is 0 Å². The Morgan fingerprint density at radius 3 is 2.12 bits per heavy atom. The summed E-state index contributed by atoms with van der Waals surface area (Å²) in [6, 6.07) is 0. The molecule has 3 nitrogen and oxygen atoms in total.